The van der Waals surface area contributed by atoms with E-state index in [4.69, 9.17) is 9.84 Å². The zero-order chi connectivity index (χ0) is 23.6. The number of aliphatic carboxylic acids is 1. The van der Waals surface area contributed by atoms with Crippen LogP contribution in [0.1, 0.15) is 51.7 Å². The van der Waals surface area contributed by atoms with Gasteiger partial charge in [-0.1, -0.05) is 48.5 Å². The number of rotatable bonds is 6. The first-order chi connectivity index (χ1) is 15.0. The first-order valence-corrected chi connectivity index (χ1v) is 10.7. The minimum absolute atomic E-state index is 0.0932. The third kappa shape index (κ3) is 4.61. The Bertz CT molecular complexity index is 981. The van der Waals surface area contributed by atoms with Crippen LogP contribution in [0.4, 0.5) is 4.79 Å². The van der Waals surface area contributed by atoms with Crippen LogP contribution < -0.4 is 5.32 Å². The monoisotopic (exact) mass is 438 g/mol. The lowest BCUT2D eigenvalue weighted by atomic mass is 9.98. The normalized spacial score (nSPS) is 14.7. The van der Waals surface area contributed by atoms with E-state index in [0.29, 0.717) is 0 Å². The molecular weight excluding hydrogens is 408 g/mol. The van der Waals surface area contributed by atoms with Gasteiger partial charge in [0, 0.05) is 11.5 Å². The molecule has 7 nitrogen and oxygen atoms in total. The molecule has 1 aliphatic rings. The highest BCUT2D eigenvalue weighted by atomic mass is 16.6. The molecule has 32 heavy (non-hydrogen) atoms. The van der Waals surface area contributed by atoms with E-state index in [1.165, 1.54) is 11.8 Å². The molecule has 2 N–H and O–H groups in total. The Balaban J connectivity index is 1.78. The number of hydrogen-bond acceptors (Lipinski definition) is 4. The van der Waals surface area contributed by atoms with Gasteiger partial charge in [-0.15, -0.1) is 0 Å². The Morgan fingerprint density at radius 1 is 1.00 bits per heavy atom. The molecule has 0 fully saturated rings. The highest BCUT2D eigenvalue weighted by Crippen LogP contribution is 2.44. The number of nitrogens with zero attached hydrogens (tertiary/aromatic N) is 1. The number of benzene rings is 2. The van der Waals surface area contributed by atoms with Gasteiger partial charge in [-0.25, -0.2) is 4.79 Å². The van der Waals surface area contributed by atoms with Crippen LogP contribution in [0, 0.1) is 0 Å². The molecule has 0 bridgehead atoms. The van der Waals surface area contributed by atoms with Gasteiger partial charge in [0.2, 0.25) is 5.91 Å². The molecule has 2 atom stereocenters. The van der Waals surface area contributed by atoms with E-state index < -0.39 is 35.6 Å². The summed E-state index contributed by atoms with van der Waals surface area (Å²) < 4.78 is 5.74. The molecule has 0 saturated heterocycles. The van der Waals surface area contributed by atoms with Gasteiger partial charge < -0.3 is 15.2 Å². The van der Waals surface area contributed by atoms with Gasteiger partial charge in [0.1, 0.15) is 18.7 Å². The minimum atomic E-state index is -1.14. The van der Waals surface area contributed by atoms with Crippen molar-refractivity contribution >= 4 is 18.0 Å². The number of carboxylic acid groups (broad SMARTS) is 1. The second-order valence-electron chi connectivity index (χ2n) is 9.09. The molecule has 1 aliphatic carbocycles. The SMILES string of the molecule is C[C@H](NC(=O)[C@H](C)N(C(=O)OCC1c2ccccc2-c2ccccc21)C(C)(C)C)C(=O)O. The number of hydrogen-bond donors (Lipinski definition) is 2. The van der Waals surface area contributed by atoms with Crippen LogP contribution in [-0.2, 0) is 14.3 Å². The second-order valence-corrected chi connectivity index (χ2v) is 9.09. The van der Waals surface area contributed by atoms with Gasteiger partial charge in [-0.2, -0.15) is 0 Å². The summed E-state index contributed by atoms with van der Waals surface area (Å²) in [5, 5.41) is 11.5. The number of amides is 2. The zero-order valence-electron chi connectivity index (χ0n) is 19.1. The molecule has 0 heterocycles. The Morgan fingerprint density at radius 3 is 1.97 bits per heavy atom. The predicted octanol–water partition coefficient (Wildman–Crippen LogP) is 4.01. The summed E-state index contributed by atoms with van der Waals surface area (Å²) in [4.78, 5) is 38.2. The third-order valence-corrected chi connectivity index (χ3v) is 5.75. The van der Waals surface area contributed by atoms with E-state index in [0.717, 1.165) is 22.3 Å². The number of nitrogens with one attached hydrogen (secondary N) is 1. The first kappa shape index (κ1) is 23.3. The van der Waals surface area contributed by atoms with Crippen LogP contribution in [0.15, 0.2) is 48.5 Å². The number of fused-ring (bicyclic) bond motifs is 3. The maximum Gasteiger partial charge on any atom is 0.410 e. The molecule has 0 spiro atoms. The molecule has 170 valence electrons. The summed E-state index contributed by atoms with van der Waals surface area (Å²) in [5.74, 6) is -1.79. The molecule has 2 aromatic carbocycles. The third-order valence-electron chi connectivity index (χ3n) is 5.75. The molecule has 0 saturated carbocycles. The van der Waals surface area contributed by atoms with Crippen molar-refractivity contribution in [3.63, 3.8) is 0 Å². The van der Waals surface area contributed by atoms with Crippen LogP contribution >= 0.6 is 0 Å². The van der Waals surface area contributed by atoms with Crippen LogP contribution in [0.25, 0.3) is 11.1 Å². The first-order valence-electron chi connectivity index (χ1n) is 10.7. The molecule has 2 aromatic rings. The number of ether oxygens (including phenoxy) is 1. The van der Waals surface area contributed by atoms with Crippen LogP contribution in [0.3, 0.4) is 0 Å². The smallest absolute Gasteiger partial charge is 0.410 e. The van der Waals surface area contributed by atoms with Crippen molar-refractivity contribution < 1.29 is 24.2 Å². The lowest BCUT2D eigenvalue weighted by Gasteiger charge is -2.39. The number of carbonyl (C=O) groups excluding carboxylic acids is 2. The average Bonchev–Trinajstić information content (AvgIpc) is 3.05. The fraction of sp³-hybridized carbons (Fsp3) is 0.400. The summed E-state index contributed by atoms with van der Waals surface area (Å²) in [7, 11) is 0. The summed E-state index contributed by atoms with van der Waals surface area (Å²) in [6.45, 7) is 8.49. The Kier molecular flexibility index (Phi) is 6.57. The molecule has 0 aromatic heterocycles. The molecule has 0 aliphatic heterocycles. The average molecular weight is 439 g/mol. The molecule has 7 heteroatoms. The van der Waals surface area contributed by atoms with E-state index in [2.05, 4.69) is 17.4 Å². The van der Waals surface area contributed by atoms with Gasteiger partial charge >= 0.3 is 12.1 Å². The Morgan fingerprint density at radius 2 is 1.50 bits per heavy atom. The molecular formula is C25H30N2O5. The van der Waals surface area contributed by atoms with Gasteiger partial charge in [0.05, 0.1) is 0 Å². The second kappa shape index (κ2) is 9.02. The lowest BCUT2D eigenvalue weighted by molar-refractivity contribution is -0.142. The lowest BCUT2D eigenvalue weighted by Crippen LogP contribution is -2.57. The van der Waals surface area contributed by atoms with E-state index >= 15 is 0 Å². The summed E-state index contributed by atoms with van der Waals surface area (Å²) >= 11 is 0. The fourth-order valence-corrected chi connectivity index (χ4v) is 4.19. The summed E-state index contributed by atoms with van der Waals surface area (Å²) in [5.41, 5.74) is 3.75. The maximum absolute atomic E-state index is 13.1. The van der Waals surface area contributed by atoms with Crippen molar-refractivity contribution in [2.75, 3.05) is 6.61 Å². The van der Waals surface area contributed by atoms with E-state index in [9.17, 15) is 14.4 Å². The number of carboxylic acids is 1. The van der Waals surface area contributed by atoms with Crippen LogP contribution in [0.5, 0.6) is 0 Å². The minimum Gasteiger partial charge on any atom is -0.480 e. The van der Waals surface area contributed by atoms with Crippen LogP contribution in [-0.4, -0.2) is 52.2 Å². The predicted molar refractivity (Wildman–Crippen MR) is 121 cm³/mol. The van der Waals surface area contributed by atoms with Gasteiger partial charge in [0.25, 0.3) is 0 Å². The van der Waals surface area contributed by atoms with Crippen LogP contribution in [0.2, 0.25) is 0 Å². The van der Waals surface area contributed by atoms with Gasteiger partial charge in [0.15, 0.2) is 0 Å². The van der Waals surface area contributed by atoms with E-state index in [1.807, 2.05) is 36.4 Å². The highest BCUT2D eigenvalue weighted by Gasteiger charge is 2.37. The zero-order valence-corrected chi connectivity index (χ0v) is 19.1. The van der Waals surface area contributed by atoms with E-state index in [1.54, 1.807) is 27.7 Å². The van der Waals surface area contributed by atoms with Gasteiger partial charge in [-0.3, -0.25) is 14.5 Å². The summed E-state index contributed by atoms with van der Waals surface area (Å²) in [6, 6.07) is 14.2. The Hall–Kier alpha value is -3.35. The van der Waals surface area contributed by atoms with Crippen molar-refractivity contribution in [2.45, 2.75) is 58.2 Å². The molecule has 2 amide bonds. The molecule has 0 radical (unpaired) electrons. The van der Waals surface area contributed by atoms with E-state index in [-0.39, 0.29) is 12.5 Å². The van der Waals surface area contributed by atoms with Crippen molar-refractivity contribution in [3.05, 3.63) is 59.7 Å². The molecule has 3 rings (SSSR count). The van der Waals surface area contributed by atoms with Crippen molar-refractivity contribution in [3.8, 4) is 11.1 Å². The Labute approximate surface area is 188 Å². The van der Waals surface area contributed by atoms with Crippen molar-refractivity contribution in [1.29, 1.82) is 0 Å². The van der Waals surface area contributed by atoms with Gasteiger partial charge in [-0.05, 0) is 56.9 Å². The topological polar surface area (TPSA) is 95.9 Å². The number of carbonyl (C=O) groups is 3. The quantitative estimate of drug-likeness (QED) is 0.710. The summed E-state index contributed by atoms with van der Waals surface area (Å²) in [6.07, 6.45) is -0.620. The fourth-order valence-electron chi connectivity index (χ4n) is 4.19. The van der Waals surface area contributed by atoms with Crippen molar-refractivity contribution in [2.24, 2.45) is 0 Å². The standard InChI is InChI=1S/C25H30N2O5/c1-15(23(29)30)26-22(28)16(2)27(25(3,4)5)24(31)32-14-21-19-12-8-6-10-17(19)18-11-7-9-13-20(18)21/h6-13,15-16,21H,14H2,1-5H3,(H,26,28)(H,29,30)/t15-,16-/m0/s1. The highest BCUT2D eigenvalue weighted by molar-refractivity contribution is 5.89. The maximum atomic E-state index is 13.1. The van der Waals surface area contributed by atoms with Crippen molar-refractivity contribution in [1.82, 2.24) is 10.2 Å². The molecule has 0 unspecified atom stereocenters. The largest absolute Gasteiger partial charge is 0.480 e.